The normalized spacial score (nSPS) is 15.1. The van der Waals surface area contributed by atoms with Gasteiger partial charge in [-0.15, -0.1) is 0 Å². The predicted molar refractivity (Wildman–Crippen MR) is 85.4 cm³/mol. The molecule has 0 aliphatic rings. The molecular weight excluding hydrogens is 249 g/mol. The second-order valence-corrected chi connectivity index (χ2v) is 6.95. The van der Waals surface area contributed by atoms with E-state index in [2.05, 4.69) is 39.9 Å². The summed E-state index contributed by atoms with van der Waals surface area (Å²) < 4.78 is 13.8. The molecule has 0 aromatic heterocycles. The number of nitrogens with one attached hydrogen (secondary N) is 1. The van der Waals surface area contributed by atoms with Crippen molar-refractivity contribution in [2.24, 2.45) is 11.3 Å². The lowest BCUT2D eigenvalue weighted by atomic mass is 9.77. The van der Waals surface area contributed by atoms with E-state index in [9.17, 15) is 4.39 Å². The van der Waals surface area contributed by atoms with Crippen molar-refractivity contribution >= 4 is 0 Å². The molecule has 0 saturated heterocycles. The first-order valence-corrected chi connectivity index (χ1v) is 7.81. The Morgan fingerprint density at radius 1 is 1.20 bits per heavy atom. The van der Waals surface area contributed by atoms with Crippen LogP contribution >= 0.6 is 0 Å². The summed E-state index contributed by atoms with van der Waals surface area (Å²) >= 11 is 0. The summed E-state index contributed by atoms with van der Waals surface area (Å²) in [5.41, 5.74) is 1.11. The molecule has 1 aromatic carbocycles. The first-order valence-electron chi connectivity index (χ1n) is 7.81. The van der Waals surface area contributed by atoms with Crippen LogP contribution < -0.4 is 5.32 Å². The van der Waals surface area contributed by atoms with Gasteiger partial charge in [-0.1, -0.05) is 52.8 Å². The highest BCUT2D eigenvalue weighted by atomic mass is 19.1. The Labute approximate surface area is 124 Å². The highest BCUT2D eigenvalue weighted by Crippen LogP contribution is 2.29. The molecule has 0 aliphatic carbocycles. The lowest BCUT2D eigenvalue weighted by molar-refractivity contribution is 0.221. The van der Waals surface area contributed by atoms with Gasteiger partial charge in [0.25, 0.3) is 0 Å². The molecule has 2 heteroatoms. The average molecular weight is 279 g/mol. The summed E-state index contributed by atoms with van der Waals surface area (Å²) in [5, 5.41) is 3.58. The SMILES string of the molecule is CCCNC(Cc1ccccc1F)CC(C)C(C)(C)C. The third-order valence-electron chi connectivity index (χ3n) is 4.22. The molecular formula is C18H30FN. The number of hydrogen-bond donors (Lipinski definition) is 1. The number of halogens is 1. The Bertz CT molecular complexity index is 395. The van der Waals surface area contributed by atoms with Crippen molar-refractivity contribution in [3.63, 3.8) is 0 Å². The van der Waals surface area contributed by atoms with Gasteiger partial charge in [0.1, 0.15) is 5.82 Å². The van der Waals surface area contributed by atoms with Crippen LogP contribution in [0.5, 0.6) is 0 Å². The van der Waals surface area contributed by atoms with Gasteiger partial charge in [-0.2, -0.15) is 0 Å². The highest BCUT2D eigenvalue weighted by Gasteiger charge is 2.24. The van der Waals surface area contributed by atoms with Crippen molar-refractivity contribution in [2.45, 2.75) is 59.9 Å². The zero-order valence-electron chi connectivity index (χ0n) is 13.7. The maximum absolute atomic E-state index is 13.8. The molecule has 1 aromatic rings. The Balaban J connectivity index is 2.72. The lowest BCUT2D eigenvalue weighted by Gasteiger charge is -2.31. The van der Waals surface area contributed by atoms with E-state index in [-0.39, 0.29) is 5.82 Å². The van der Waals surface area contributed by atoms with E-state index in [1.54, 1.807) is 12.1 Å². The largest absolute Gasteiger partial charge is 0.314 e. The Morgan fingerprint density at radius 2 is 1.85 bits per heavy atom. The molecule has 0 heterocycles. The molecule has 1 N–H and O–H groups in total. The number of rotatable bonds is 7. The molecule has 0 fully saturated rings. The summed E-state index contributed by atoms with van der Waals surface area (Å²) in [7, 11) is 0. The van der Waals surface area contributed by atoms with Crippen LogP contribution in [0.15, 0.2) is 24.3 Å². The quantitative estimate of drug-likeness (QED) is 0.755. The topological polar surface area (TPSA) is 12.0 Å². The second-order valence-electron chi connectivity index (χ2n) is 6.95. The zero-order chi connectivity index (χ0) is 15.2. The van der Waals surface area contributed by atoms with E-state index in [1.807, 2.05) is 12.1 Å². The van der Waals surface area contributed by atoms with Crippen LogP contribution in [0.1, 0.15) is 53.0 Å². The molecule has 2 unspecified atom stereocenters. The van der Waals surface area contributed by atoms with E-state index in [1.165, 1.54) is 0 Å². The van der Waals surface area contributed by atoms with Crippen LogP contribution in [0.25, 0.3) is 0 Å². The minimum absolute atomic E-state index is 0.0841. The maximum atomic E-state index is 13.8. The average Bonchev–Trinajstić information content (AvgIpc) is 2.37. The molecule has 0 amide bonds. The second kappa shape index (κ2) is 7.78. The van der Waals surface area contributed by atoms with Gasteiger partial charge in [-0.3, -0.25) is 0 Å². The highest BCUT2D eigenvalue weighted by molar-refractivity contribution is 5.18. The van der Waals surface area contributed by atoms with E-state index in [0.717, 1.165) is 31.4 Å². The van der Waals surface area contributed by atoms with Crippen LogP contribution in [-0.2, 0) is 6.42 Å². The zero-order valence-corrected chi connectivity index (χ0v) is 13.7. The Kier molecular flexibility index (Phi) is 6.67. The number of hydrogen-bond acceptors (Lipinski definition) is 1. The van der Waals surface area contributed by atoms with Crippen molar-refractivity contribution < 1.29 is 4.39 Å². The molecule has 20 heavy (non-hydrogen) atoms. The van der Waals surface area contributed by atoms with Crippen LogP contribution in [-0.4, -0.2) is 12.6 Å². The van der Waals surface area contributed by atoms with Gasteiger partial charge >= 0.3 is 0 Å². The smallest absolute Gasteiger partial charge is 0.126 e. The van der Waals surface area contributed by atoms with Crippen molar-refractivity contribution in [3.8, 4) is 0 Å². The molecule has 114 valence electrons. The summed E-state index contributed by atoms with van der Waals surface area (Å²) in [4.78, 5) is 0. The number of benzene rings is 1. The Morgan fingerprint density at radius 3 is 2.40 bits per heavy atom. The van der Waals surface area contributed by atoms with Crippen molar-refractivity contribution in [2.75, 3.05) is 6.54 Å². The fraction of sp³-hybridized carbons (Fsp3) is 0.667. The van der Waals surface area contributed by atoms with E-state index < -0.39 is 0 Å². The first-order chi connectivity index (χ1) is 9.34. The van der Waals surface area contributed by atoms with E-state index in [0.29, 0.717) is 17.4 Å². The summed E-state index contributed by atoms with van der Waals surface area (Å²) in [6.07, 6.45) is 2.96. The summed E-state index contributed by atoms with van der Waals surface area (Å²) in [6.45, 7) is 12.3. The minimum Gasteiger partial charge on any atom is -0.314 e. The minimum atomic E-state index is -0.0841. The fourth-order valence-electron chi connectivity index (χ4n) is 2.30. The van der Waals surface area contributed by atoms with Gasteiger partial charge < -0.3 is 5.32 Å². The molecule has 0 saturated carbocycles. The van der Waals surface area contributed by atoms with Gasteiger partial charge in [-0.25, -0.2) is 4.39 Å². The van der Waals surface area contributed by atoms with Crippen molar-refractivity contribution in [1.82, 2.24) is 5.32 Å². The van der Waals surface area contributed by atoms with E-state index >= 15 is 0 Å². The van der Waals surface area contributed by atoms with Crippen molar-refractivity contribution in [1.29, 1.82) is 0 Å². The molecule has 2 atom stereocenters. The van der Waals surface area contributed by atoms with Crippen LogP contribution in [0.2, 0.25) is 0 Å². The predicted octanol–water partition coefficient (Wildman–Crippen LogP) is 4.81. The van der Waals surface area contributed by atoms with Crippen molar-refractivity contribution in [3.05, 3.63) is 35.6 Å². The summed E-state index contributed by atoms with van der Waals surface area (Å²) in [6, 6.07) is 7.48. The molecule has 1 nitrogen and oxygen atoms in total. The van der Waals surface area contributed by atoms with Gasteiger partial charge in [0.2, 0.25) is 0 Å². The van der Waals surface area contributed by atoms with Gasteiger partial charge in [0.15, 0.2) is 0 Å². The van der Waals surface area contributed by atoms with Gasteiger partial charge in [0.05, 0.1) is 0 Å². The molecule has 0 bridgehead atoms. The lowest BCUT2D eigenvalue weighted by Crippen LogP contribution is -2.36. The van der Waals surface area contributed by atoms with Gasteiger partial charge in [-0.05, 0) is 48.8 Å². The molecule has 1 rings (SSSR count). The van der Waals surface area contributed by atoms with Crippen LogP contribution in [0, 0.1) is 17.2 Å². The van der Waals surface area contributed by atoms with E-state index in [4.69, 9.17) is 0 Å². The van der Waals surface area contributed by atoms with Crippen LogP contribution in [0.4, 0.5) is 4.39 Å². The third-order valence-corrected chi connectivity index (χ3v) is 4.22. The monoisotopic (exact) mass is 279 g/mol. The third kappa shape index (κ3) is 5.62. The molecule has 0 aliphatic heterocycles. The van der Waals surface area contributed by atoms with Crippen LogP contribution in [0.3, 0.4) is 0 Å². The standard InChI is InChI=1S/C18H30FN/c1-6-11-20-16(12-14(2)18(3,4)5)13-15-9-7-8-10-17(15)19/h7-10,14,16,20H,6,11-13H2,1-5H3. The summed E-state index contributed by atoms with van der Waals surface area (Å²) in [5.74, 6) is 0.517. The van der Waals surface area contributed by atoms with Gasteiger partial charge in [0, 0.05) is 6.04 Å². The maximum Gasteiger partial charge on any atom is 0.126 e. The Hall–Kier alpha value is -0.890. The first kappa shape index (κ1) is 17.2. The molecule has 0 radical (unpaired) electrons. The fourth-order valence-corrected chi connectivity index (χ4v) is 2.30. The molecule has 0 spiro atoms.